The lowest BCUT2D eigenvalue weighted by Gasteiger charge is -2.06. The van der Waals surface area contributed by atoms with Gasteiger partial charge in [0.1, 0.15) is 17.7 Å². The van der Waals surface area contributed by atoms with Gasteiger partial charge < -0.3 is 5.73 Å². The zero-order chi connectivity index (χ0) is 14.4. The molecule has 98 valence electrons. The quantitative estimate of drug-likeness (QED) is 0.688. The van der Waals surface area contributed by atoms with E-state index < -0.39 is 0 Å². The Morgan fingerprint density at radius 1 is 1.20 bits per heavy atom. The van der Waals surface area contributed by atoms with E-state index in [0.29, 0.717) is 20.8 Å². The van der Waals surface area contributed by atoms with E-state index in [1.54, 1.807) is 0 Å². The van der Waals surface area contributed by atoms with Gasteiger partial charge in [-0.2, -0.15) is 10.5 Å². The van der Waals surface area contributed by atoms with E-state index in [0.717, 1.165) is 5.56 Å². The van der Waals surface area contributed by atoms with Crippen molar-refractivity contribution in [2.45, 2.75) is 4.34 Å². The van der Waals surface area contributed by atoms with Gasteiger partial charge in [-0.1, -0.05) is 53.4 Å². The molecule has 2 N–H and O–H groups in total. The first kappa shape index (κ1) is 14.1. The van der Waals surface area contributed by atoms with Crippen LogP contribution in [0, 0.1) is 22.7 Å². The predicted octanol–water partition coefficient (Wildman–Crippen LogP) is 2.71. The number of hydrogen-bond donors (Lipinski definition) is 1. The minimum atomic E-state index is 0.112. The minimum absolute atomic E-state index is 0.112. The fraction of sp³-hybridized carbons (Fsp3) is 0.0769. The third-order valence-corrected chi connectivity index (χ3v) is 4.32. The number of nitrogens with zero attached hydrogens (tertiary/aromatic N) is 4. The lowest BCUT2D eigenvalue weighted by Crippen LogP contribution is -1.93. The Morgan fingerprint density at radius 3 is 2.45 bits per heavy atom. The number of allylic oxidation sites excluding steroid dienone is 1. The summed E-state index contributed by atoms with van der Waals surface area (Å²) in [5.41, 5.74) is 7.18. The largest absolute Gasteiger partial charge is 0.374 e. The van der Waals surface area contributed by atoms with Crippen LogP contribution in [0.3, 0.4) is 0 Å². The Labute approximate surface area is 124 Å². The van der Waals surface area contributed by atoms with Crippen LogP contribution < -0.4 is 5.73 Å². The van der Waals surface area contributed by atoms with E-state index in [2.05, 4.69) is 10.2 Å². The van der Waals surface area contributed by atoms with Gasteiger partial charge in [-0.25, -0.2) is 0 Å². The fourth-order valence-corrected chi connectivity index (χ4v) is 3.20. The molecule has 0 aliphatic carbocycles. The second-order valence-electron chi connectivity index (χ2n) is 3.64. The van der Waals surface area contributed by atoms with Crippen LogP contribution in [-0.4, -0.2) is 16.0 Å². The van der Waals surface area contributed by atoms with Gasteiger partial charge in [-0.05, 0) is 11.1 Å². The molecular formula is C13H9N5S2. The lowest BCUT2D eigenvalue weighted by atomic mass is 10.0. The van der Waals surface area contributed by atoms with E-state index in [4.69, 9.17) is 16.3 Å². The second-order valence-corrected chi connectivity index (χ2v) is 5.87. The summed E-state index contributed by atoms with van der Waals surface area (Å²) in [4.78, 5) is 0. The molecule has 1 heterocycles. The van der Waals surface area contributed by atoms with Crippen LogP contribution in [0.2, 0.25) is 0 Å². The molecule has 2 rings (SSSR count). The summed E-state index contributed by atoms with van der Waals surface area (Å²) in [5.74, 6) is 0.467. The molecule has 0 saturated heterocycles. The molecule has 0 amide bonds. The highest BCUT2D eigenvalue weighted by Crippen LogP contribution is 2.30. The first-order chi connectivity index (χ1) is 9.74. The lowest BCUT2D eigenvalue weighted by molar-refractivity contribution is 1.02. The summed E-state index contributed by atoms with van der Waals surface area (Å²) in [6, 6.07) is 13.3. The molecule has 1 aromatic carbocycles. The summed E-state index contributed by atoms with van der Waals surface area (Å²) >= 11 is 2.69. The van der Waals surface area contributed by atoms with Crippen LogP contribution in [0.15, 0.2) is 40.2 Å². The Kier molecular flexibility index (Phi) is 4.72. The van der Waals surface area contributed by atoms with Crippen LogP contribution in [-0.2, 0) is 0 Å². The van der Waals surface area contributed by atoms with Crippen LogP contribution in [0.5, 0.6) is 0 Å². The first-order valence-corrected chi connectivity index (χ1v) is 7.35. The summed E-state index contributed by atoms with van der Waals surface area (Å²) in [6.45, 7) is 0. The average molecular weight is 299 g/mol. The molecule has 0 saturated carbocycles. The summed E-state index contributed by atoms with van der Waals surface area (Å²) in [7, 11) is 0. The number of hydrogen-bond acceptors (Lipinski definition) is 7. The summed E-state index contributed by atoms with van der Waals surface area (Å²) < 4.78 is 0.714. The third kappa shape index (κ3) is 3.35. The number of nitrogens with two attached hydrogens (primary N) is 1. The van der Waals surface area contributed by atoms with Crippen molar-refractivity contribution in [2.24, 2.45) is 0 Å². The second kappa shape index (κ2) is 6.71. The first-order valence-electron chi connectivity index (χ1n) is 5.55. The van der Waals surface area contributed by atoms with E-state index in [-0.39, 0.29) is 5.57 Å². The molecule has 0 atom stereocenters. The maximum Gasteiger partial charge on any atom is 0.203 e. The van der Waals surface area contributed by atoms with Crippen molar-refractivity contribution in [1.29, 1.82) is 10.5 Å². The predicted molar refractivity (Wildman–Crippen MR) is 79.6 cm³/mol. The van der Waals surface area contributed by atoms with Gasteiger partial charge in [-0.3, -0.25) is 0 Å². The molecule has 20 heavy (non-hydrogen) atoms. The number of thioether (sulfide) groups is 1. The third-order valence-electron chi connectivity index (χ3n) is 2.41. The van der Waals surface area contributed by atoms with Crippen LogP contribution in [0.1, 0.15) is 5.56 Å². The standard InChI is InChI=1S/C13H9N5S2/c14-6-10(7-15)11(9-4-2-1-3-5-9)8-19-13-18-17-12(16)20-13/h1-5H,8H2,(H2,16,17). The molecule has 0 aliphatic heterocycles. The van der Waals surface area contributed by atoms with Gasteiger partial charge in [0.05, 0.1) is 0 Å². The van der Waals surface area contributed by atoms with Crippen LogP contribution in [0.4, 0.5) is 5.13 Å². The average Bonchev–Trinajstić information content (AvgIpc) is 2.90. The van der Waals surface area contributed by atoms with Crippen LogP contribution >= 0.6 is 23.1 Å². The Morgan fingerprint density at radius 2 is 1.90 bits per heavy atom. The zero-order valence-electron chi connectivity index (χ0n) is 10.3. The maximum absolute atomic E-state index is 9.07. The summed E-state index contributed by atoms with van der Waals surface area (Å²) in [5, 5.41) is 26.2. The van der Waals surface area contributed by atoms with E-state index in [1.165, 1.54) is 23.1 Å². The van der Waals surface area contributed by atoms with E-state index in [9.17, 15) is 0 Å². The smallest absolute Gasteiger partial charge is 0.203 e. The number of benzene rings is 1. The number of nitriles is 2. The van der Waals surface area contributed by atoms with E-state index >= 15 is 0 Å². The molecule has 0 fully saturated rings. The molecule has 1 aromatic heterocycles. The Balaban J connectivity index is 2.28. The molecule has 0 radical (unpaired) electrons. The van der Waals surface area contributed by atoms with Crippen molar-refractivity contribution < 1.29 is 0 Å². The summed E-state index contributed by atoms with van der Waals surface area (Å²) in [6.07, 6.45) is 0. The number of rotatable bonds is 4. The highest BCUT2D eigenvalue weighted by atomic mass is 32.2. The van der Waals surface area contributed by atoms with Crippen molar-refractivity contribution in [2.75, 3.05) is 11.5 Å². The molecule has 7 heteroatoms. The topological polar surface area (TPSA) is 99.4 Å². The van der Waals surface area contributed by atoms with Crippen molar-refractivity contribution >= 4 is 33.8 Å². The van der Waals surface area contributed by atoms with Gasteiger partial charge in [0.15, 0.2) is 4.34 Å². The van der Waals surface area contributed by atoms with Gasteiger partial charge in [-0.15, -0.1) is 10.2 Å². The Bertz CT molecular complexity index is 690. The number of aromatic nitrogens is 2. The van der Waals surface area contributed by atoms with Gasteiger partial charge in [0.2, 0.25) is 5.13 Å². The molecule has 2 aromatic rings. The highest BCUT2D eigenvalue weighted by molar-refractivity contribution is 8.01. The molecule has 0 bridgehead atoms. The number of nitrogen functional groups attached to an aromatic ring is 1. The van der Waals surface area contributed by atoms with Crippen molar-refractivity contribution in [3.63, 3.8) is 0 Å². The molecule has 5 nitrogen and oxygen atoms in total. The molecule has 0 aliphatic rings. The van der Waals surface area contributed by atoms with Crippen molar-refractivity contribution in [3.05, 3.63) is 41.5 Å². The van der Waals surface area contributed by atoms with Crippen molar-refractivity contribution in [3.8, 4) is 12.1 Å². The molecular weight excluding hydrogens is 290 g/mol. The van der Waals surface area contributed by atoms with Gasteiger partial charge in [0.25, 0.3) is 0 Å². The Hall–Kier alpha value is -2.35. The normalized spacial score (nSPS) is 9.50. The monoisotopic (exact) mass is 299 g/mol. The zero-order valence-corrected chi connectivity index (χ0v) is 11.9. The maximum atomic E-state index is 9.07. The van der Waals surface area contributed by atoms with Crippen molar-refractivity contribution in [1.82, 2.24) is 10.2 Å². The highest BCUT2D eigenvalue weighted by Gasteiger charge is 2.11. The SMILES string of the molecule is N#CC(C#N)=C(CSc1nnc(N)s1)c1ccccc1. The molecule has 0 unspecified atom stereocenters. The van der Waals surface area contributed by atoms with E-state index in [1.807, 2.05) is 42.5 Å². The van der Waals surface area contributed by atoms with Gasteiger partial charge in [0, 0.05) is 5.75 Å². The van der Waals surface area contributed by atoms with Crippen LogP contribution in [0.25, 0.3) is 5.57 Å². The minimum Gasteiger partial charge on any atom is -0.374 e. The fourth-order valence-electron chi connectivity index (χ4n) is 1.51. The molecule has 0 spiro atoms. The van der Waals surface area contributed by atoms with Gasteiger partial charge >= 0.3 is 0 Å². The number of anilines is 1.